The molecule has 0 N–H and O–H groups in total. The minimum atomic E-state index is -0.373. The molecule has 150 valence electrons. The molecule has 0 spiro atoms. The highest BCUT2D eigenvalue weighted by molar-refractivity contribution is 6.30. The molecule has 0 unspecified atom stereocenters. The summed E-state index contributed by atoms with van der Waals surface area (Å²) in [4.78, 5) is 20.2. The first-order valence-electron chi connectivity index (χ1n) is 9.61. The number of aromatic nitrogens is 2. The van der Waals surface area contributed by atoms with E-state index in [0.29, 0.717) is 41.2 Å². The van der Waals surface area contributed by atoms with Crippen LogP contribution in [-0.4, -0.2) is 28.6 Å². The smallest absolute Gasteiger partial charge is 0.306 e. The maximum atomic E-state index is 14.0. The van der Waals surface area contributed by atoms with E-state index in [-0.39, 0.29) is 24.3 Å². The van der Waals surface area contributed by atoms with Gasteiger partial charge in [0.25, 0.3) is 0 Å². The molecular weight excluding hydrogens is 383 g/mol. The standard InChI is InChI=1S/C21H24ClFN2O3/c1-2-27-21(26)11-14-3-7-17(8-4-14)28-20-9-10-24-19(25-20)12-15-5-6-16(22)13-18(15)23/h5-6,9-10,13-14,17H,2-4,7-8,11-12H2,1H3. The van der Waals surface area contributed by atoms with Crippen LogP contribution in [-0.2, 0) is 16.0 Å². The van der Waals surface area contributed by atoms with Crippen molar-refractivity contribution in [3.8, 4) is 5.88 Å². The quantitative estimate of drug-likeness (QED) is 0.621. The SMILES string of the molecule is CCOC(=O)CC1CCC(Oc2ccnc(Cc3ccc(Cl)cc3F)n2)CC1. The Balaban J connectivity index is 1.53. The van der Waals surface area contributed by atoms with Gasteiger partial charge in [0.15, 0.2) is 0 Å². The molecule has 0 amide bonds. The lowest BCUT2D eigenvalue weighted by atomic mass is 9.85. The van der Waals surface area contributed by atoms with E-state index in [1.165, 1.54) is 6.07 Å². The Morgan fingerprint density at radius 2 is 2.04 bits per heavy atom. The summed E-state index contributed by atoms with van der Waals surface area (Å²) in [5, 5.41) is 0.359. The number of benzene rings is 1. The maximum Gasteiger partial charge on any atom is 0.306 e. The molecule has 1 aliphatic carbocycles. The molecule has 3 rings (SSSR count). The van der Waals surface area contributed by atoms with Gasteiger partial charge in [0.1, 0.15) is 17.7 Å². The number of carbonyl (C=O) groups excluding carboxylic acids is 1. The van der Waals surface area contributed by atoms with Crippen LogP contribution in [0, 0.1) is 11.7 Å². The summed E-state index contributed by atoms with van der Waals surface area (Å²) in [7, 11) is 0. The first-order chi connectivity index (χ1) is 13.5. The summed E-state index contributed by atoms with van der Waals surface area (Å²) in [6, 6.07) is 6.28. The van der Waals surface area contributed by atoms with Gasteiger partial charge in [-0.15, -0.1) is 0 Å². The Morgan fingerprint density at radius 3 is 2.75 bits per heavy atom. The van der Waals surface area contributed by atoms with E-state index in [2.05, 4.69) is 9.97 Å². The molecule has 0 saturated heterocycles. The van der Waals surface area contributed by atoms with Crippen molar-refractivity contribution in [1.29, 1.82) is 0 Å². The zero-order valence-electron chi connectivity index (χ0n) is 15.9. The highest BCUT2D eigenvalue weighted by atomic mass is 35.5. The van der Waals surface area contributed by atoms with Crippen molar-refractivity contribution in [2.24, 2.45) is 5.92 Å². The highest BCUT2D eigenvalue weighted by Gasteiger charge is 2.25. The Bertz CT molecular complexity index is 810. The molecular formula is C21H24ClFN2O3. The van der Waals surface area contributed by atoms with Crippen LogP contribution in [0.3, 0.4) is 0 Å². The second kappa shape index (κ2) is 9.82. The predicted octanol–water partition coefficient (Wildman–Crippen LogP) is 4.75. The van der Waals surface area contributed by atoms with Crippen LogP contribution in [0.2, 0.25) is 5.02 Å². The fourth-order valence-electron chi connectivity index (χ4n) is 3.45. The number of hydrogen-bond donors (Lipinski definition) is 0. The summed E-state index contributed by atoms with van der Waals surface area (Å²) < 4.78 is 25.0. The number of hydrogen-bond acceptors (Lipinski definition) is 5. The molecule has 0 atom stereocenters. The van der Waals surface area contributed by atoms with E-state index in [1.807, 2.05) is 6.92 Å². The normalized spacial score (nSPS) is 19.2. The third-order valence-electron chi connectivity index (χ3n) is 4.89. The third kappa shape index (κ3) is 5.89. The summed E-state index contributed by atoms with van der Waals surface area (Å²) in [5.41, 5.74) is 0.487. The largest absolute Gasteiger partial charge is 0.474 e. The van der Waals surface area contributed by atoms with Gasteiger partial charge in [-0.3, -0.25) is 4.79 Å². The van der Waals surface area contributed by atoms with Gasteiger partial charge in [-0.2, -0.15) is 4.98 Å². The van der Waals surface area contributed by atoms with E-state index in [1.54, 1.807) is 24.4 Å². The zero-order valence-corrected chi connectivity index (χ0v) is 16.6. The Labute approximate surface area is 169 Å². The van der Waals surface area contributed by atoms with Gasteiger partial charge in [-0.05, 0) is 56.2 Å². The Hall–Kier alpha value is -2.21. The number of carbonyl (C=O) groups is 1. The van der Waals surface area contributed by atoms with Crippen molar-refractivity contribution < 1.29 is 18.7 Å². The van der Waals surface area contributed by atoms with Gasteiger partial charge in [0.05, 0.1) is 6.61 Å². The van der Waals surface area contributed by atoms with E-state index < -0.39 is 0 Å². The average molecular weight is 407 g/mol. The van der Waals surface area contributed by atoms with Crippen LogP contribution in [0.15, 0.2) is 30.5 Å². The molecule has 1 aromatic heterocycles. The molecule has 1 saturated carbocycles. The highest BCUT2D eigenvalue weighted by Crippen LogP contribution is 2.29. The van der Waals surface area contributed by atoms with Gasteiger partial charge in [0, 0.05) is 30.1 Å². The van der Waals surface area contributed by atoms with Gasteiger partial charge in [0.2, 0.25) is 5.88 Å². The van der Waals surface area contributed by atoms with Crippen LogP contribution in [0.1, 0.15) is 50.4 Å². The lowest BCUT2D eigenvalue weighted by Crippen LogP contribution is -2.26. The van der Waals surface area contributed by atoms with E-state index in [0.717, 1.165) is 25.7 Å². The molecule has 1 aromatic carbocycles. The van der Waals surface area contributed by atoms with Gasteiger partial charge >= 0.3 is 5.97 Å². The lowest BCUT2D eigenvalue weighted by Gasteiger charge is -2.28. The van der Waals surface area contributed by atoms with Crippen molar-refractivity contribution in [2.45, 2.75) is 51.6 Å². The molecule has 7 heteroatoms. The maximum absolute atomic E-state index is 14.0. The monoisotopic (exact) mass is 406 g/mol. The fraction of sp³-hybridized carbons (Fsp3) is 0.476. The number of nitrogens with zero attached hydrogens (tertiary/aromatic N) is 2. The average Bonchev–Trinajstić information content (AvgIpc) is 2.66. The molecule has 1 heterocycles. The number of rotatable bonds is 7. The van der Waals surface area contributed by atoms with Crippen molar-refractivity contribution in [3.05, 3.63) is 52.7 Å². The van der Waals surface area contributed by atoms with E-state index in [9.17, 15) is 9.18 Å². The van der Waals surface area contributed by atoms with Crippen LogP contribution in [0.4, 0.5) is 4.39 Å². The zero-order chi connectivity index (χ0) is 19.9. The molecule has 0 radical (unpaired) electrons. The van der Waals surface area contributed by atoms with Crippen LogP contribution in [0.25, 0.3) is 0 Å². The Morgan fingerprint density at radius 1 is 1.25 bits per heavy atom. The van der Waals surface area contributed by atoms with Crippen molar-refractivity contribution in [3.63, 3.8) is 0 Å². The van der Waals surface area contributed by atoms with Gasteiger partial charge in [-0.25, -0.2) is 9.37 Å². The molecule has 2 aromatic rings. The molecule has 5 nitrogen and oxygen atoms in total. The summed E-state index contributed by atoms with van der Waals surface area (Å²) >= 11 is 5.79. The summed E-state index contributed by atoms with van der Waals surface area (Å²) in [5.74, 6) is 0.847. The number of esters is 1. The molecule has 28 heavy (non-hydrogen) atoms. The number of halogens is 2. The molecule has 1 aliphatic rings. The molecule has 1 fully saturated rings. The topological polar surface area (TPSA) is 61.3 Å². The summed E-state index contributed by atoms with van der Waals surface area (Å²) in [6.07, 6.45) is 6.03. The fourth-order valence-corrected chi connectivity index (χ4v) is 3.61. The van der Waals surface area contributed by atoms with Gasteiger partial charge < -0.3 is 9.47 Å². The minimum Gasteiger partial charge on any atom is -0.474 e. The summed E-state index contributed by atoms with van der Waals surface area (Å²) in [6.45, 7) is 2.24. The second-order valence-electron chi connectivity index (χ2n) is 6.99. The Kier molecular flexibility index (Phi) is 7.20. The molecule has 0 bridgehead atoms. The first-order valence-corrected chi connectivity index (χ1v) is 9.99. The first kappa shape index (κ1) is 20.5. The van der Waals surface area contributed by atoms with E-state index in [4.69, 9.17) is 21.1 Å². The predicted molar refractivity (Wildman–Crippen MR) is 104 cm³/mol. The lowest BCUT2D eigenvalue weighted by molar-refractivity contribution is -0.144. The van der Waals surface area contributed by atoms with Gasteiger partial charge in [-0.1, -0.05) is 17.7 Å². The second-order valence-corrected chi connectivity index (χ2v) is 7.43. The van der Waals surface area contributed by atoms with Crippen LogP contribution in [0.5, 0.6) is 5.88 Å². The van der Waals surface area contributed by atoms with Crippen molar-refractivity contribution in [1.82, 2.24) is 9.97 Å². The van der Waals surface area contributed by atoms with Crippen molar-refractivity contribution >= 4 is 17.6 Å². The minimum absolute atomic E-state index is 0.0634. The van der Waals surface area contributed by atoms with E-state index >= 15 is 0 Å². The van der Waals surface area contributed by atoms with Crippen LogP contribution >= 0.6 is 11.6 Å². The number of ether oxygens (including phenoxy) is 2. The van der Waals surface area contributed by atoms with Crippen LogP contribution < -0.4 is 4.74 Å². The van der Waals surface area contributed by atoms with Crippen molar-refractivity contribution in [2.75, 3.05) is 6.61 Å². The third-order valence-corrected chi connectivity index (χ3v) is 5.12. The molecule has 0 aliphatic heterocycles.